The summed E-state index contributed by atoms with van der Waals surface area (Å²) in [5, 5.41) is 31.1. The van der Waals surface area contributed by atoms with E-state index in [2.05, 4.69) is 15.6 Å². The molecule has 8 nitrogen and oxygen atoms in total. The van der Waals surface area contributed by atoms with Crippen LogP contribution in [0.2, 0.25) is 0 Å². The third-order valence-corrected chi connectivity index (χ3v) is 7.23. The van der Waals surface area contributed by atoms with Gasteiger partial charge in [0.15, 0.2) is 5.71 Å². The van der Waals surface area contributed by atoms with E-state index in [1.807, 2.05) is 68.4 Å². The van der Waals surface area contributed by atoms with E-state index in [0.717, 1.165) is 16.7 Å². The molecule has 0 saturated heterocycles. The van der Waals surface area contributed by atoms with Crippen LogP contribution in [0.3, 0.4) is 0 Å². The fourth-order valence-electron chi connectivity index (χ4n) is 4.76. The van der Waals surface area contributed by atoms with E-state index in [9.17, 15) is 19.8 Å². The molecular weight excluding hydrogens is 516 g/mol. The molecular formula is C33H30N4O4. The standard InChI is InChI=1S/C33H30N4O4/c1-20-15-16-26(17-21(20)2)37-32(39)30(22(3)36-37)35-34-29-14-8-13-27(31(29)38)24-11-7-12-25(19-24)28(33(40)41)18-23-9-5-4-6-10-23/h4-17,19,28,34,38H,18H2,1-3H3,(H,40,41)/b35-30-. The molecule has 1 amide bonds. The maximum Gasteiger partial charge on any atom is 0.311 e. The number of rotatable bonds is 8. The summed E-state index contributed by atoms with van der Waals surface area (Å²) in [4.78, 5) is 25.3. The van der Waals surface area contributed by atoms with E-state index in [4.69, 9.17) is 0 Å². The Bertz CT molecular complexity index is 1690. The van der Waals surface area contributed by atoms with Crippen LogP contribution in [0.25, 0.3) is 11.1 Å². The number of para-hydroxylation sites is 1. The molecule has 206 valence electrons. The number of carbonyl (C=O) groups excluding carboxylic acids is 1. The molecule has 0 fully saturated rings. The molecule has 0 radical (unpaired) electrons. The van der Waals surface area contributed by atoms with Gasteiger partial charge in [0.05, 0.1) is 23.0 Å². The van der Waals surface area contributed by atoms with E-state index in [0.29, 0.717) is 40.2 Å². The summed E-state index contributed by atoms with van der Waals surface area (Å²) in [6, 6.07) is 27.5. The summed E-state index contributed by atoms with van der Waals surface area (Å²) >= 11 is 0. The predicted octanol–water partition coefficient (Wildman–Crippen LogP) is 6.28. The lowest BCUT2D eigenvalue weighted by Gasteiger charge is -2.15. The van der Waals surface area contributed by atoms with Crippen LogP contribution in [0, 0.1) is 13.8 Å². The number of aliphatic carboxylic acids is 1. The third-order valence-electron chi connectivity index (χ3n) is 7.23. The smallest absolute Gasteiger partial charge is 0.311 e. The lowest BCUT2D eigenvalue weighted by atomic mass is 9.90. The Kier molecular flexibility index (Phi) is 7.65. The van der Waals surface area contributed by atoms with Crippen LogP contribution in [-0.4, -0.2) is 33.5 Å². The first-order chi connectivity index (χ1) is 19.7. The monoisotopic (exact) mass is 546 g/mol. The topological polar surface area (TPSA) is 115 Å². The first-order valence-electron chi connectivity index (χ1n) is 13.2. The minimum atomic E-state index is -0.922. The average molecular weight is 547 g/mol. The van der Waals surface area contributed by atoms with Crippen molar-refractivity contribution in [3.05, 3.63) is 113 Å². The second-order valence-electron chi connectivity index (χ2n) is 10.1. The van der Waals surface area contributed by atoms with Crippen LogP contribution in [-0.2, 0) is 16.0 Å². The minimum absolute atomic E-state index is 0.0741. The number of carbonyl (C=O) groups is 2. The van der Waals surface area contributed by atoms with Gasteiger partial charge in [-0.3, -0.25) is 15.0 Å². The maximum atomic E-state index is 13.1. The summed E-state index contributed by atoms with van der Waals surface area (Å²) in [6.45, 7) is 5.68. The fourth-order valence-corrected chi connectivity index (χ4v) is 4.76. The van der Waals surface area contributed by atoms with Crippen molar-refractivity contribution in [3.63, 3.8) is 0 Å². The molecule has 8 heteroatoms. The van der Waals surface area contributed by atoms with E-state index in [1.54, 1.807) is 43.3 Å². The molecule has 3 N–H and O–H groups in total. The number of aryl methyl sites for hydroxylation is 2. The number of amides is 1. The lowest BCUT2D eigenvalue weighted by molar-refractivity contribution is -0.138. The van der Waals surface area contributed by atoms with Crippen molar-refractivity contribution in [3.8, 4) is 16.9 Å². The Morgan fingerprint density at radius 3 is 2.41 bits per heavy atom. The molecule has 4 aromatic carbocycles. The predicted molar refractivity (Wildman–Crippen MR) is 162 cm³/mol. The Morgan fingerprint density at radius 1 is 0.927 bits per heavy atom. The first kappa shape index (κ1) is 27.3. The number of hydrogen-bond donors (Lipinski definition) is 3. The Labute approximate surface area is 238 Å². The van der Waals surface area contributed by atoms with Gasteiger partial charge in [-0.2, -0.15) is 15.2 Å². The molecule has 1 aliphatic rings. The summed E-state index contributed by atoms with van der Waals surface area (Å²) < 4.78 is 0. The summed E-state index contributed by atoms with van der Waals surface area (Å²) in [6.07, 6.45) is 0.346. The summed E-state index contributed by atoms with van der Waals surface area (Å²) in [5.74, 6) is -2.12. The molecule has 0 spiro atoms. The molecule has 0 saturated carbocycles. The van der Waals surface area contributed by atoms with Gasteiger partial charge < -0.3 is 10.2 Å². The molecule has 0 aliphatic carbocycles. The van der Waals surface area contributed by atoms with Gasteiger partial charge >= 0.3 is 11.9 Å². The van der Waals surface area contributed by atoms with Crippen molar-refractivity contribution in [1.29, 1.82) is 0 Å². The molecule has 1 heterocycles. The van der Waals surface area contributed by atoms with Gasteiger partial charge in [-0.1, -0.05) is 72.8 Å². The number of phenols is 1. The number of anilines is 2. The second-order valence-corrected chi connectivity index (χ2v) is 10.1. The minimum Gasteiger partial charge on any atom is -0.505 e. The van der Waals surface area contributed by atoms with E-state index >= 15 is 0 Å². The molecule has 5 rings (SSSR count). The molecule has 0 bridgehead atoms. The van der Waals surface area contributed by atoms with Crippen molar-refractivity contribution in [2.75, 3.05) is 10.4 Å². The van der Waals surface area contributed by atoms with Gasteiger partial charge in [0.2, 0.25) is 0 Å². The quantitative estimate of drug-likeness (QED) is 0.178. The molecule has 1 aliphatic heterocycles. The second kappa shape index (κ2) is 11.5. The zero-order chi connectivity index (χ0) is 29.1. The molecule has 1 atom stereocenters. The van der Waals surface area contributed by atoms with Crippen molar-refractivity contribution in [2.24, 2.45) is 10.2 Å². The number of benzene rings is 4. The number of carboxylic acid groups (broad SMARTS) is 1. The van der Waals surface area contributed by atoms with Crippen LogP contribution >= 0.6 is 0 Å². The van der Waals surface area contributed by atoms with Crippen LogP contribution in [0.4, 0.5) is 11.4 Å². The Morgan fingerprint density at radius 2 is 1.68 bits per heavy atom. The van der Waals surface area contributed by atoms with Crippen molar-refractivity contribution in [1.82, 2.24) is 0 Å². The lowest BCUT2D eigenvalue weighted by Crippen LogP contribution is -2.28. The van der Waals surface area contributed by atoms with Crippen molar-refractivity contribution >= 4 is 34.7 Å². The maximum absolute atomic E-state index is 13.1. The van der Waals surface area contributed by atoms with E-state index < -0.39 is 11.9 Å². The van der Waals surface area contributed by atoms with Gasteiger partial charge in [0, 0.05) is 5.56 Å². The highest BCUT2D eigenvalue weighted by atomic mass is 16.4. The fraction of sp³-hybridized carbons (Fsp3) is 0.152. The summed E-state index contributed by atoms with van der Waals surface area (Å²) in [7, 11) is 0. The van der Waals surface area contributed by atoms with Crippen LogP contribution < -0.4 is 10.4 Å². The van der Waals surface area contributed by atoms with Crippen molar-refractivity contribution < 1.29 is 19.8 Å². The number of hydrazone groups is 2. The van der Waals surface area contributed by atoms with Crippen LogP contribution in [0.1, 0.15) is 35.1 Å². The number of nitrogens with zero attached hydrogens (tertiary/aromatic N) is 3. The summed E-state index contributed by atoms with van der Waals surface area (Å²) in [5.41, 5.74) is 9.24. The molecule has 41 heavy (non-hydrogen) atoms. The average Bonchev–Trinajstić information content (AvgIpc) is 3.25. The van der Waals surface area contributed by atoms with Gasteiger partial charge in [0.25, 0.3) is 0 Å². The number of phenolic OH excluding ortho intramolecular Hbond substituents is 1. The zero-order valence-corrected chi connectivity index (χ0v) is 23.0. The Balaban J connectivity index is 1.39. The highest BCUT2D eigenvalue weighted by Crippen LogP contribution is 2.37. The van der Waals surface area contributed by atoms with Gasteiger partial charge in [-0.25, -0.2) is 0 Å². The van der Waals surface area contributed by atoms with Crippen LogP contribution in [0.15, 0.2) is 101 Å². The van der Waals surface area contributed by atoms with Crippen LogP contribution in [0.5, 0.6) is 5.75 Å². The van der Waals surface area contributed by atoms with Gasteiger partial charge in [-0.05, 0) is 73.2 Å². The highest BCUT2D eigenvalue weighted by Gasteiger charge is 2.31. The highest BCUT2D eigenvalue weighted by molar-refractivity contribution is 6.71. The molecule has 1 unspecified atom stereocenters. The number of aromatic hydroxyl groups is 1. The number of carboxylic acids is 1. The normalized spacial score (nSPS) is 14.7. The Hall–Kier alpha value is -5.24. The first-order valence-corrected chi connectivity index (χ1v) is 13.2. The van der Waals surface area contributed by atoms with E-state index in [1.165, 1.54) is 5.01 Å². The molecule has 4 aromatic rings. The van der Waals surface area contributed by atoms with E-state index in [-0.39, 0.29) is 17.4 Å². The number of hydrogen-bond acceptors (Lipinski definition) is 6. The largest absolute Gasteiger partial charge is 0.505 e. The zero-order valence-electron chi connectivity index (χ0n) is 23.0. The van der Waals surface area contributed by atoms with Gasteiger partial charge in [0.1, 0.15) is 5.75 Å². The number of nitrogens with one attached hydrogen (secondary N) is 1. The van der Waals surface area contributed by atoms with Gasteiger partial charge in [-0.15, -0.1) is 0 Å². The SMILES string of the molecule is CC1=NN(c2ccc(C)c(C)c2)C(=O)/C1=N\Nc1cccc(-c2cccc(C(Cc3ccccc3)C(=O)O)c2)c1O. The van der Waals surface area contributed by atoms with Crippen molar-refractivity contribution in [2.45, 2.75) is 33.1 Å². The molecule has 0 aromatic heterocycles. The third kappa shape index (κ3) is 5.72.